The summed E-state index contributed by atoms with van der Waals surface area (Å²) in [6, 6.07) is 12.3. The van der Waals surface area contributed by atoms with Crippen LogP contribution < -0.4 is 5.32 Å². The number of rotatable bonds is 4. The molecule has 0 heterocycles. The van der Waals surface area contributed by atoms with E-state index in [4.69, 9.17) is 0 Å². The summed E-state index contributed by atoms with van der Waals surface area (Å²) in [5, 5.41) is 2.43. The van der Waals surface area contributed by atoms with Crippen molar-refractivity contribution in [2.75, 3.05) is 5.32 Å². The number of alkyl halides is 3. The molecule has 2 aromatic carbocycles. The van der Waals surface area contributed by atoms with Crippen molar-refractivity contribution in [1.82, 2.24) is 0 Å². The number of anilines is 1. The molecule has 1 N–H and O–H groups in total. The highest BCUT2D eigenvalue weighted by Gasteiger charge is 2.30. The summed E-state index contributed by atoms with van der Waals surface area (Å²) in [6.45, 7) is 4.18. The zero-order valence-electron chi connectivity index (χ0n) is 13.4. The topological polar surface area (TPSA) is 29.1 Å². The van der Waals surface area contributed by atoms with Gasteiger partial charge in [-0.05, 0) is 41.3 Å². The third-order valence-corrected chi connectivity index (χ3v) is 3.49. The lowest BCUT2D eigenvalue weighted by atomic mass is 10.0. The molecule has 2 aromatic rings. The van der Waals surface area contributed by atoms with Gasteiger partial charge in [0.2, 0.25) is 5.91 Å². The second-order valence-corrected chi connectivity index (χ2v) is 5.72. The van der Waals surface area contributed by atoms with E-state index in [1.165, 1.54) is 23.8 Å². The molecule has 0 radical (unpaired) electrons. The Hall–Kier alpha value is -2.56. The minimum Gasteiger partial charge on any atom is -0.322 e. The fourth-order valence-electron chi connectivity index (χ4n) is 2.12. The number of hydrogen-bond acceptors (Lipinski definition) is 1. The van der Waals surface area contributed by atoms with E-state index in [1.807, 2.05) is 24.3 Å². The van der Waals surface area contributed by atoms with Crippen LogP contribution in [0.25, 0.3) is 6.08 Å². The van der Waals surface area contributed by atoms with E-state index in [0.717, 1.165) is 17.7 Å². The van der Waals surface area contributed by atoms with E-state index in [-0.39, 0.29) is 5.69 Å². The number of halogens is 3. The van der Waals surface area contributed by atoms with Crippen molar-refractivity contribution in [2.45, 2.75) is 25.9 Å². The van der Waals surface area contributed by atoms with Gasteiger partial charge in [-0.1, -0.05) is 44.2 Å². The largest absolute Gasteiger partial charge is 0.416 e. The maximum Gasteiger partial charge on any atom is 0.416 e. The van der Waals surface area contributed by atoms with E-state index >= 15 is 0 Å². The first-order valence-corrected chi connectivity index (χ1v) is 7.52. The van der Waals surface area contributed by atoms with Crippen molar-refractivity contribution < 1.29 is 18.0 Å². The summed E-state index contributed by atoms with van der Waals surface area (Å²) in [5.74, 6) is -0.0607. The van der Waals surface area contributed by atoms with E-state index in [9.17, 15) is 18.0 Å². The maximum atomic E-state index is 12.6. The third kappa shape index (κ3) is 4.98. The van der Waals surface area contributed by atoms with Gasteiger partial charge in [0.25, 0.3) is 0 Å². The van der Waals surface area contributed by atoms with Crippen LogP contribution in [0.4, 0.5) is 18.9 Å². The molecular weight excluding hydrogens is 315 g/mol. The fourth-order valence-corrected chi connectivity index (χ4v) is 2.12. The number of carbonyl (C=O) groups excluding carboxylic acids is 1. The smallest absolute Gasteiger partial charge is 0.322 e. The van der Waals surface area contributed by atoms with E-state index in [1.54, 1.807) is 6.08 Å². The molecule has 0 aliphatic carbocycles. The maximum absolute atomic E-state index is 12.6. The van der Waals surface area contributed by atoms with Gasteiger partial charge in [0.05, 0.1) is 5.56 Å². The summed E-state index contributed by atoms with van der Waals surface area (Å²) in [7, 11) is 0. The molecule has 1 amide bonds. The summed E-state index contributed by atoms with van der Waals surface area (Å²) in [6.07, 6.45) is -1.52. The Morgan fingerprint density at radius 3 is 2.33 bits per heavy atom. The molecule has 0 fully saturated rings. The van der Waals surface area contributed by atoms with Crippen LogP contribution in [0.5, 0.6) is 0 Å². The van der Waals surface area contributed by atoms with Crippen molar-refractivity contribution in [3.05, 3.63) is 71.3 Å². The highest BCUT2D eigenvalue weighted by molar-refractivity contribution is 6.01. The zero-order chi connectivity index (χ0) is 17.7. The van der Waals surface area contributed by atoms with Gasteiger partial charge < -0.3 is 5.32 Å². The summed E-state index contributed by atoms with van der Waals surface area (Å²) in [4.78, 5) is 11.8. The first kappa shape index (κ1) is 17.8. The zero-order valence-corrected chi connectivity index (χ0v) is 13.4. The predicted octanol–water partition coefficient (Wildman–Crippen LogP) is 5.48. The van der Waals surface area contributed by atoms with Crippen LogP contribution in [0.2, 0.25) is 0 Å². The molecule has 0 saturated carbocycles. The van der Waals surface area contributed by atoms with Crippen molar-refractivity contribution >= 4 is 17.7 Å². The number of carbonyl (C=O) groups is 1. The molecule has 0 bridgehead atoms. The summed E-state index contributed by atoms with van der Waals surface area (Å²) < 4.78 is 37.9. The lowest BCUT2D eigenvalue weighted by Crippen LogP contribution is -2.10. The molecule has 5 heteroatoms. The Labute approximate surface area is 139 Å². The minimum absolute atomic E-state index is 0.106. The summed E-state index contributed by atoms with van der Waals surface area (Å²) in [5.41, 5.74) is 1.35. The Morgan fingerprint density at radius 2 is 1.75 bits per heavy atom. The van der Waals surface area contributed by atoms with Crippen LogP contribution in [0.1, 0.15) is 36.5 Å². The standard InChI is InChI=1S/C19H18F3NO/c1-13(2)15-9-6-14(7-10-15)8-11-18(24)23-17-5-3-4-16(12-17)19(20,21)22/h3-13H,1-2H3,(H,23,24). The molecule has 126 valence electrons. The van der Waals surface area contributed by atoms with Crippen LogP contribution in [-0.4, -0.2) is 5.91 Å². The van der Waals surface area contributed by atoms with Gasteiger partial charge in [-0.2, -0.15) is 13.2 Å². The molecule has 2 rings (SSSR count). The Balaban J connectivity index is 2.02. The van der Waals surface area contributed by atoms with Gasteiger partial charge in [0.15, 0.2) is 0 Å². The van der Waals surface area contributed by atoms with Crippen LogP contribution >= 0.6 is 0 Å². The van der Waals surface area contributed by atoms with Crippen molar-refractivity contribution in [2.24, 2.45) is 0 Å². The van der Waals surface area contributed by atoms with Crippen LogP contribution in [0, 0.1) is 0 Å². The van der Waals surface area contributed by atoms with Crippen LogP contribution in [0.3, 0.4) is 0 Å². The fraction of sp³-hybridized carbons (Fsp3) is 0.211. The number of hydrogen-bond donors (Lipinski definition) is 1. The molecule has 0 atom stereocenters. The monoisotopic (exact) mass is 333 g/mol. The number of benzene rings is 2. The molecular formula is C19H18F3NO. The minimum atomic E-state index is -4.44. The van der Waals surface area contributed by atoms with Gasteiger partial charge in [0, 0.05) is 11.8 Å². The Kier molecular flexibility index (Phi) is 5.44. The van der Waals surface area contributed by atoms with Crippen molar-refractivity contribution in [3.63, 3.8) is 0 Å². The highest BCUT2D eigenvalue weighted by Crippen LogP contribution is 2.30. The van der Waals surface area contributed by atoms with Gasteiger partial charge in [-0.15, -0.1) is 0 Å². The molecule has 0 saturated heterocycles. The summed E-state index contributed by atoms with van der Waals surface area (Å²) >= 11 is 0. The first-order valence-electron chi connectivity index (χ1n) is 7.52. The molecule has 0 spiro atoms. The second-order valence-electron chi connectivity index (χ2n) is 5.72. The SMILES string of the molecule is CC(C)c1ccc(C=CC(=O)Nc2cccc(C(F)(F)F)c2)cc1. The van der Waals surface area contributed by atoms with Gasteiger partial charge in [-0.3, -0.25) is 4.79 Å². The number of amides is 1. The molecule has 2 nitrogen and oxygen atoms in total. The van der Waals surface area contributed by atoms with Crippen molar-refractivity contribution in [1.29, 1.82) is 0 Å². The lowest BCUT2D eigenvalue weighted by molar-refractivity contribution is -0.137. The van der Waals surface area contributed by atoms with Gasteiger partial charge in [-0.25, -0.2) is 0 Å². The van der Waals surface area contributed by atoms with E-state index < -0.39 is 17.6 Å². The molecule has 0 unspecified atom stereocenters. The normalized spacial score (nSPS) is 11.9. The predicted molar refractivity (Wildman–Crippen MR) is 89.6 cm³/mol. The molecule has 0 aromatic heterocycles. The third-order valence-electron chi connectivity index (χ3n) is 3.49. The van der Waals surface area contributed by atoms with Crippen molar-refractivity contribution in [3.8, 4) is 0 Å². The lowest BCUT2D eigenvalue weighted by Gasteiger charge is -2.08. The van der Waals surface area contributed by atoms with E-state index in [0.29, 0.717) is 5.92 Å². The molecule has 24 heavy (non-hydrogen) atoms. The van der Waals surface area contributed by atoms with Gasteiger partial charge >= 0.3 is 6.18 Å². The quantitative estimate of drug-likeness (QED) is 0.738. The average Bonchev–Trinajstić information content (AvgIpc) is 2.53. The number of nitrogens with one attached hydrogen (secondary N) is 1. The Morgan fingerprint density at radius 1 is 1.08 bits per heavy atom. The molecule has 0 aliphatic heterocycles. The highest BCUT2D eigenvalue weighted by atomic mass is 19.4. The van der Waals surface area contributed by atoms with Gasteiger partial charge in [0.1, 0.15) is 0 Å². The second kappa shape index (κ2) is 7.34. The van der Waals surface area contributed by atoms with Crippen LogP contribution in [0.15, 0.2) is 54.6 Å². The first-order chi connectivity index (χ1) is 11.3. The van der Waals surface area contributed by atoms with Crippen LogP contribution in [-0.2, 0) is 11.0 Å². The average molecular weight is 333 g/mol. The van der Waals surface area contributed by atoms with E-state index in [2.05, 4.69) is 19.2 Å². The Bertz CT molecular complexity index is 731. The molecule has 0 aliphatic rings.